The lowest BCUT2D eigenvalue weighted by atomic mass is 10.1. The molecule has 0 amide bonds. The molecule has 4 heteroatoms. The third-order valence-electron chi connectivity index (χ3n) is 1.76. The second-order valence-electron chi connectivity index (χ2n) is 2.74. The summed E-state index contributed by atoms with van der Waals surface area (Å²) in [7, 11) is 0. The number of benzene rings is 1. The molecule has 0 aliphatic carbocycles. The Morgan fingerprint density at radius 1 is 1.36 bits per heavy atom. The first-order valence-electron chi connectivity index (χ1n) is 3.97. The van der Waals surface area contributed by atoms with E-state index in [-0.39, 0.29) is 11.6 Å². The van der Waals surface area contributed by atoms with Crippen molar-refractivity contribution in [3.05, 3.63) is 41.9 Å². The molecule has 0 N–H and O–H groups in total. The second-order valence-corrected chi connectivity index (χ2v) is 2.74. The van der Waals surface area contributed by atoms with Crippen LogP contribution in [-0.4, -0.2) is 11.4 Å². The molecular formula is C10H6FNO2. The summed E-state index contributed by atoms with van der Waals surface area (Å²) < 4.78 is 17.5. The van der Waals surface area contributed by atoms with Crippen LogP contribution in [0.25, 0.3) is 11.3 Å². The first kappa shape index (κ1) is 8.62. The SMILES string of the molecule is O=Cc1cc(-c2cccc(F)c2)no1. The number of hydrogen-bond donors (Lipinski definition) is 0. The summed E-state index contributed by atoms with van der Waals surface area (Å²) >= 11 is 0. The number of nitrogens with zero attached hydrogens (tertiary/aromatic N) is 1. The highest BCUT2D eigenvalue weighted by molar-refractivity contribution is 5.73. The third-order valence-corrected chi connectivity index (χ3v) is 1.76. The Bertz CT molecular complexity index is 465. The highest BCUT2D eigenvalue weighted by atomic mass is 19.1. The zero-order chi connectivity index (χ0) is 9.97. The molecule has 0 saturated carbocycles. The van der Waals surface area contributed by atoms with E-state index in [0.717, 1.165) is 0 Å². The average molecular weight is 191 g/mol. The minimum atomic E-state index is -0.349. The van der Waals surface area contributed by atoms with Crippen molar-refractivity contribution in [2.75, 3.05) is 0 Å². The van der Waals surface area contributed by atoms with Gasteiger partial charge in [0.25, 0.3) is 0 Å². The van der Waals surface area contributed by atoms with E-state index in [1.807, 2.05) is 0 Å². The summed E-state index contributed by atoms with van der Waals surface area (Å²) in [5.74, 6) is -0.220. The lowest BCUT2D eigenvalue weighted by molar-refractivity contribution is 0.109. The van der Waals surface area contributed by atoms with Crippen molar-refractivity contribution in [1.82, 2.24) is 5.16 Å². The van der Waals surface area contributed by atoms with Gasteiger partial charge in [0.15, 0.2) is 12.0 Å². The van der Waals surface area contributed by atoms with Gasteiger partial charge in [-0.05, 0) is 12.1 Å². The van der Waals surface area contributed by atoms with Crippen LogP contribution >= 0.6 is 0 Å². The van der Waals surface area contributed by atoms with E-state index in [2.05, 4.69) is 9.68 Å². The molecule has 0 saturated heterocycles. The lowest BCUT2D eigenvalue weighted by Gasteiger charge is -1.93. The first-order chi connectivity index (χ1) is 6.79. The summed E-state index contributed by atoms with van der Waals surface area (Å²) in [6.07, 6.45) is 0.551. The van der Waals surface area contributed by atoms with Gasteiger partial charge in [0, 0.05) is 11.6 Å². The van der Waals surface area contributed by atoms with Crippen LogP contribution in [0.3, 0.4) is 0 Å². The second kappa shape index (κ2) is 3.41. The Balaban J connectivity index is 2.43. The summed E-state index contributed by atoms with van der Waals surface area (Å²) in [6.45, 7) is 0. The molecule has 0 fully saturated rings. The van der Waals surface area contributed by atoms with E-state index in [0.29, 0.717) is 17.5 Å². The molecule has 0 unspecified atom stereocenters. The highest BCUT2D eigenvalue weighted by Gasteiger charge is 2.05. The van der Waals surface area contributed by atoms with Gasteiger partial charge in [-0.3, -0.25) is 4.79 Å². The fraction of sp³-hybridized carbons (Fsp3) is 0. The van der Waals surface area contributed by atoms with E-state index >= 15 is 0 Å². The molecule has 2 rings (SSSR count). The average Bonchev–Trinajstić information content (AvgIpc) is 2.66. The number of hydrogen-bond acceptors (Lipinski definition) is 3. The summed E-state index contributed by atoms with van der Waals surface area (Å²) in [5.41, 5.74) is 1.04. The monoisotopic (exact) mass is 191 g/mol. The van der Waals surface area contributed by atoms with E-state index in [1.165, 1.54) is 18.2 Å². The molecular weight excluding hydrogens is 185 g/mol. The van der Waals surface area contributed by atoms with Gasteiger partial charge >= 0.3 is 0 Å². The minimum absolute atomic E-state index is 0.129. The van der Waals surface area contributed by atoms with Crippen molar-refractivity contribution in [2.45, 2.75) is 0 Å². The highest BCUT2D eigenvalue weighted by Crippen LogP contribution is 2.18. The van der Waals surface area contributed by atoms with E-state index in [9.17, 15) is 9.18 Å². The largest absolute Gasteiger partial charge is 0.353 e. The number of carbonyl (C=O) groups excluding carboxylic acids is 1. The van der Waals surface area contributed by atoms with Crippen LogP contribution in [0.5, 0.6) is 0 Å². The van der Waals surface area contributed by atoms with Gasteiger partial charge in [0.05, 0.1) is 0 Å². The molecule has 14 heavy (non-hydrogen) atoms. The van der Waals surface area contributed by atoms with Crippen LogP contribution in [0.2, 0.25) is 0 Å². The Morgan fingerprint density at radius 3 is 2.86 bits per heavy atom. The molecule has 0 aliphatic rings. The van der Waals surface area contributed by atoms with Crippen molar-refractivity contribution in [3.63, 3.8) is 0 Å². The maximum atomic E-state index is 12.8. The Morgan fingerprint density at radius 2 is 2.21 bits per heavy atom. The van der Waals surface area contributed by atoms with Gasteiger partial charge in [0.2, 0.25) is 0 Å². The van der Waals surface area contributed by atoms with Gasteiger partial charge in [-0.1, -0.05) is 17.3 Å². The summed E-state index contributed by atoms with van der Waals surface area (Å²) in [4.78, 5) is 10.3. The van der Waals surface area contributed by atoms with Gasteiger partial charge in [-0.25, -0.2) is 4.39 Å². The Hall–Kier alpha value is -1.97. The predicted octanol–water partition coefficient (Wildman–Crippen LogP) is 2.29. The van der Waals surface area contributed by atoms with Crippen LogP contribution in [0, 0.1) is 5.82 Å². The molecule has 0 radical (unpaired) electrons. The normalized spacial score (nSPS) is 10.1. The third kappa shape index (κ3) is 1.54. The van der Waals surface area contributed by atoms with Crippen LogP contribution < -0.4 is 0 Å². The van der Waals surface area contributed by atoms with E-state index in [4.69, 9.17) is 0 Å². The van der Waals surface area contributed by atoms with Crippen molar-refractivity contribution in [3.8, 4) is 11.3 Å². The molecule has 2 aromatic rings. The van der Waals surface area contributed by atoms with Gasteiger partial charge < -0.3 is 4.52 Å². The smallest absolute Gasteiger partial charge is 0.199 e. The summed E-state index contributed by atoms with van der Waals surface area (Å²) in [5, 5.41) is 3.63. The molecule has 70 valence electrons. The molecule has 0 atom stereocenters. The fourth-order valence-corrected chi connectivity index (χ4v) is 1.13. The van der Waals surface area contributed by atoms with Crippen molar-refractivity contribution in [1.29, 1.82) is 0 Å². The van der Waals surface area contributed by atoms with Crippen LogP contribution in [-0.2, 0) is 0 Å². The van der Waals surface area contributed by atoms with Crippen molar-refractivity contribution in [2.24, 2.45) is 0 Å². The molecule has 3 nitrogen and oxygen atoms in total. The molecule has 0 spiro atoms. The zero-order valence-corrected chi connectivity index (χ0v) is 7.11. The Kier molecular flexibility index (Phi) is 2.10. The quantitative estimate of drug-likeness (QED) is 0.684. The number of halogens is 1. The molecule has 0 bridgehead atoms. The predicted molar refractivity (Wildman–Crippen MR) is 47.3 cm³/mol. The van der Waals surface area contributed by atoms with E-state index in [1.54, 1.807) is 12.1 Å². The first-order valence-corrected chi connectivity index (χ1v) is 3.97. The van der Waals surface area contributed by atoms with Gasteiger partial charge in [-0.2, -0.15) is 0 Å². The number of aromatic nitrogens is 1. The maximum absolute atomic E-state index is 12.8. The minimum Gasteiger partial charge on any atom is -0.353 e. The van der Waals surface area contributed by atoms with Gasteiger partial charge in [-0.15, -0.1) is 0 Å². The standard InChI is InChI=1S/C10H6FNO2/c11-8-3-1-2-7(4-8)10-5-9(6-13)14-12-10/h1-6H. The zero-order valence-electron chi connectivity index (χ0n) is 7.11. The molecule has 0 aliphatic heterocycles. The van der Waals surface area contributed by atoms with Crippen LogP contribution in [0.15, 0.2) is 34.9 Å². The number of rotatable bonds is 2. The van der Waals surface area contributed by atoms with Crippen LogP contribution in [0.4, 0.5) is 4.39 Å². The van der Waals surface area contributed by atoms with Crippen molar-refractivity contribution >= 4 is 6.29 Å². The van der Waals surface area contributed by atoms with Crippen LogP contribution in [0.1, 0.15) is 10.6 Å². The molecule has 1 heterocycles. The fourth-order valence-electron chi connectivity index (χ4n) is 1.13. The maximum Gasteiger partial charge on any atom is 0.199 e. The van der Waals surface area contributed by atoms with E-state index < -0.39 is 0 Å². The number of carbonyl (C=O) groups is 1. The molecule has 1 aromatic heterocycles. The topological polar surface area (TPSA) is 43.1 Å². The summed E-state index contributed by atoms with van der Waals surface area (Å²) in [6, 6.07) is 7.38. The molecule has 1 aromatic carbocycles. The number of aldehydes is 1. The van der Waals surface area contributed by atoms with Gasteiger partial charge in [0.1, 0.15) is 11.5 Å². The Labute approximate surface area is 79.1 Å². The lowest BCUT2D eigenvalue weighted by Crippen LogP contribution is -1.78. The van der Waals surface area contributed by atoms with Crippen molar-refractivity contribution < 1.29 is 13.7 Å².